The third-order valence-electron chi connectivity index (χ3n) is 2.73. The van der Waals surface area contributed by atoms with Crippen LogP contribution in [0.5, 0.6) is 0 Å². The predicted octanol–water partition coefficient (Wildman–Crippen LogP) is 1.81. The molecule has 1 amide bonds. The van der Waals surface area contributed by atoms with Gasteiger partial charge in [-0.1, -0.05) is 6.92 Å². The lowest BCUT2D eigenvalue weighted by Crippen LogP contribution is -2.47. The van der Waals surface area contributed by atoms with Crippen molar-refractivity contribution in [1.29, 1.82) is 0 Å². The molecule has 1 aliphatic rings. The Hall–Kier alpha value is -0.570. The highest BCUT2D eigenvalue weighted by Crippen LogP contribution is 2.18. The van der Waals surface area contributed by atoms with E-state index in [2.05, 4.69) is 13.8 Å². The Morgan fingerprint density at radius 2 is 2.00 bits per heavy atom. The largest absolute Gasteiger partial charge is 0.381 e. The topological polar surface area (TPSA) is 29.5 Å². The van der Waals surface area contributed by atoms with Crippen molar-refractivity contribution in [3.8, 4) is 0 Å². The summed E-state index contributed by atoms with van der Waals surface area (Å²) in [5.41, 5.74) is 0. The zero-order valence-electron chi connectivity index (χ0n) is 9.45. The van der Waals surface area contributed by atoms with Crippen LogP contribution in [0.4, 0.5) is 0 Å². The first-order chi connectivity index (χ1) is 6.66. The van der Waals surface area contributed by atoms with Gasteiger partial charge in [-0.3, -0.25) is 4.79 Å². The second-order valence-corrected chi connectivity index (χ2v) is 4.09. The highest BCUT2D eigenvalue weighted by atomic mass is 16.5. The summed E-state index contributed by atoms with van der Waals surface area (Å²) in [6, 6.07) is 0.710. The van der Waals surface area contributed by atoms with Crippen molar-refractivity contribution in [3.05, 3.63) is 0 Å². The van der Waals surface area contributed by atoms with Crippen LogP contribution in [0.15, 0.2) is 0 Å². The first kappa shape index (κ1) is 11.5. The van der Waals surface area contributed by atoms with Gasteiger partial charge in [-0.05, 0) is 26.7 Å². The van der Waals surface area contributed by atoms with Crippen molar-refractivity contribution in [2.75, 3.05) is 13.2 Å². The average molecular weight is 199 g/mol. The minimum atomic E-state index is 0.270. The van der Waals surface area contributed by atoms with E-state index in [1.807, 2.05) is 11.8 Å². The lowest BCUT2D eigenvalue weighted by Gasteiger charge is -2.37. The Morgan fingerprint density at radius 3 is 2.43 bits per heavy atom. The lowest BCUT2D eigenvalue weighted by atomic mass is 10.0. The highest BCUT2D eigenvalue weighted by Gasteiger charge is 2.26. The van der Waals surface area contributed by atoms with Gasteiger partial charge in [-0.15, -0.1) is 0 Å². The van der Waals surface area contributed by atoms with E-state index in [0.29, 0.717) is 18.5 Å². The van der Waals surface area contributed by atoms with Crippen LogP contribution in [0, 0.1) is 0 Å². The van der Waals surface area contributed by atoms with Crippen molar-refractivity contribution < 1.29 is 9.53 Å². The number of carbonyl (C=O) groups is 1. The zero-order valence-corrected chi connectivity index (χ0v) is 9.45. The molecule has 0 N–H and O–H groups in total. The fraction of sp³-hybridized carbons (Fsp3) is 0.909. The summed E-state index contributed by atoms with van der Waals surface area (Å²) >= 11 is 0. The summed E-state index contributed by atoms with van der Waals surface area (Å²) in [5.74, 6) is 0.270. The molecule has 1 rings (SSSR count). The molecule has 0 radical (unpaired) electrons. The van der Waals surface area contributed by atoms with E-state index < -0.39 is 0 Å². The van der Waals surface area contributed by atoms with E-state index in [-0.39, 0.29) is 5.91 Å². The molecule has 0 aromatic carbocycles. The van der Waals surface area contributed by atoms with Gasteiger partial charge in [-0.2, -0.15) is 0 Å². The third kappa shape index (κ3) is 2.71. The number of carbonyl (C=O) groups excluding carboxylic acids is 1. The molecule has 3 nitrogen and oxygen atoms in total. The molecule has 3 heteroatoms. The molecule has 82 valence electrons. The fourth-order valence-electron chi connectivity index (χ4n) is 2.06. The molecule has 0 aliphatic carbocycles. The van der Waals surface area contributed by atoms with Crippen molar-refractivity contribution >= 4 is 5.91 Å². The summed E-state index contributed by atoms with van der Waals surface area (Å²) in [7, 11) is 0. The number of nitrogens with zero attached hydrogens (tertiary/aromatic N) is 1. The first-order valence-electron chi connectivity index (χ1n) is 5.55. The standard InChI is InChI=1S/C11H21NO2/c1-4-11(13)12(9(2)3)10-5-7-14-8-6-10/h9-10H,4-8H2,1-3H3. The minimum absolute atomic E-state index is 0.270. The summed E-state index contributed by atoms with van der Waals surface area (Å²) in [5, 5.41) is 0. The quantitative estimate of drug-likeness (QED) is 0.694. The van der Waals surface area contributed by atoms with Crippen LogP contribution >= 0.6 is 0 Å². The molecule has 0 aromatic heterocycles. The van der Waals surface area contributed by atoms with Gasteiger partial charge in [-0.25, -0.2) is 0 Å². The minimum Gasteiger partial charge on any atom is -0.381 e. The van der Waals surface area contributed by atoms with Crippen LogP contribution in [-0.4, -0.2) is 36.1 Å². The average Bonchev–Trinajstić information content (AvgIpc) is 2.19. The van der Waals surface area contributed by atoms with Gasteiger partial charge in [0.1, 0.15) is 0 Å². The van der Waals surface area contributed by atoms with Gasteiger partial charge in [0.25, 0.3) is 0 Å². The maximum atomic E-state index is 11.7. The molecule has 0 aromatic rings. The number of hydrogen-bond donors (Lipinski definition) is 0. The molecule has 0 spiro atoms. The number of hydrogen-bond acceptors (Lipinski definition) is 2. The van der Waals surface area contributed by atoms with Crippen LogP contribution in [0.1, 0.15) is 40.0 Å². The second-order valence-electron chi connectivity index (χ2n) is 4.09. The number of rotatable bonds is 3. The summed E-state index contributed by atoms with van der Waals surface area (Å²) < 4.78 is 5.31. The molecule has 1 aliphatic heterocycles. The van der Waals surface area contributed by atoms with E-state index in [9.17, 15) is 4.79 Å². The Morgan fingerprint density at radius 1 is 1.43 bits per heavy atom. The SMILES string of the molecule is CCC(=O)N(C(C)C)C1CCOCC1. The fourth-order valence-corrected chi connectivity index (χ4v) is 2.06. The van der Waals surface area contributed by atoms with Crippen LogP contribution in [-0.2, 0) is 9.53 Å². The summed E-state index contributed by atoms with van der Waals surface area (Å²) in [4.78, 5) is 13.8. The monoisotopic (exact) mass is 199 g/mol. The predicted molar refractivity (Wildman–Crippen MR) is 56.1 cm³/mol. The second kappa shape index (κ2) is 5.35. The normalized spacial score (nSPS) is 18.6. The van der Waals surface area contributed by atoms with Gasteiger partial charge < -0.3 is 9.64 Å². The molecule has 1 heterocycles. The Labute approximate surface area is 86.4 Å². The van der Waals surface area contributed by atoms with E-state index in [0.717, 1.165) is 26.1 Å². The molecule has 1 fully saturated rings. The Balaban J connectivity index is 2.60. The molecular formula is C11H21NO2. The molecule has 0 atom stereocenters. The molecule has 14 heavy (non-hydrogen) atoms. The Kier molecular flexibility index (Phi) is 4.39. The lowest BCUT2D eigenvalue weighted by molar-refractivity contribution is -0.137. The first-order valence-corrected chi connectivity index (χ1v) is 5.55. The van der Waals surface area contributed by atoms with Crippen LogP contribution in [0.25, 0.3) is 0 Å². The molecular weight excluding hydrogens is 178 g/mol. The van der Waals surface area contributed by atoms with Crippen molar-refractivity contribution in [1.82, 2.24) is 4.90 Å². The zero-order chi connectivity index (χ0) is 10.6. The third-order valence-corrected chi connectivity index (χ3v) is 2.73. The van der Waals surface area contributed by atoms with Crippen LogP contribution in [0.2, 0.25) is 0 Å². The van der Waals surface area contributed by atoms with Gasteiger partial charge in [0, 0.05) is 31.7 Å². The van der Waals surface area contributed by atoms with Crippen LogP contribution < -0.4 is 0 Å². The number of amides is 1. The van der Waals surface area contributed by atoms with Gasteiger partial charge >= 0.3 is 0 Å². The van der Waals surface area contributed by atoms with Gasteiger partial charge in [0.15, 0.2) is 0 Å². The van der Waals surface area contributed by atoms with E-state index in [4.69, 9.17) is 4.74 Å². The maximum absolute atomic E-state index is 11.7. The molecule has 0 unspecified atom stereocenters. The van der Waals surface area contributed by atoms with Crippen molar-refractivity contribution in [2.24, 2.45) is 0 Å². The molecule has 0 saturated carbocycles. The van der Waals surface area contributed by atoms with Gasteiger partial charge in [0.05, 0.1) is 0 Å². The summed E-state index contributed by atoms with van der Waals surface area (Å²) in [6.45, 7) is 7.69. The summed E-state index contributed by atoms with van der Waals surface area (Å²) in [6.07, 6.45) is 2.59. The van der Waals surface area contributed by atoms with Crippen molar-refractivity contribution in [2.45, 2.75) is 52.1 Å². The Bertz CT molecular complexity index is 186. The maximum Gasteiger partial charge on any atom is 0.222 e. The van der Waals surface area contributed by atoms with Crippen molar-refractivity contribution in [3.63, 3.8) is 0 Å². The van der Waals surface area contributed by atoms with Crippen LogP contribution in [0.3, 0.4) is 0 Å². The smallest absolute Gasteiger partial charge is 0.222 e. The van der Waals surface area contributed by atoms with E-state index in [1.165, 1.54) is 0 Å². The van der Waals surface area contributed by atoms with E-state index in [1.54, 1.807) is 0 Å². The highest BCUT2D eigenvalue weighted by molar-refractivity contribution is 5.76. The molecule has 0 bridgehead atoms. The molecule has 1 saturated heterocycles. The number of ether oxygens (including phenoxy) is 1. The van der Waals surface area contributed by atoms with E-state index >= 15 is 0 Å². The van der Waals surface area contributed by atoms with Gasteiger partial charge in [0.2, 0.25) is 5.91 Å².